The van der Waals surface area contributed by atoms with Crippen molar-refractivity contribution in [1.82, 2.24) is 4.72 Å². The lowest BCUT2D eigenvalue weighted by Crippen LogP contribution is -2.41. The Balaban J connectivity index is 1.98. The van der Waals surface area contributed by atoms with Crippen molar-refractivity contribution < 1.29 is 32.3 Å². The maximum Gasteiger partial charge on any atom is 0.324 e. The summed E-state index contributed by atoms with van der Waals surface area (Å²) in [5.74, 6) is -1.04. The molecular weight excluding hydrogens is 460 g/mol. The molecule has 0 aromatic heterocycles. The van der Waals surface area contributed by atoms with Crippen molar-refractivity contribution >= 4 is 33.4 Å². The second-order valence-electron chi connectivity index (χ2n) is 8.74. The summed E-state index contributed by atoms with van der Waals surface area (Å²) in [7, 11) is -2.53. The van der Waals surface area contributed by atoms with Crippen molar-refractivity contribution in [2.75, 3.05) is 12.4 Å². The largest absolute Gasteiger partial charge is 0.497 e. The molecule has 9 nitrogen and oxygen atoms in total. The molecule has 2 aromatic rings. The molecule has 0 spiro atoms. The Labute approximate surface area is 199 Å². The monoisotopic (exact) mass is 490 g/mol. The topological polar surface area (TPSA) is 128 Å². The molecule has 0 aliphatic carbocycles. The van der Waals surface area contributed by atoms with Crippen LogP contribution < -0.4 is 14.8 Å². The van der Waals surface area contributed by atoms with E-state index >= 15 is 0 Å². The Morgan fingerprint density at radius 2 is 1.47 bits per heavy atom. The van der Waals surface area contributed by atoms with Gasteiger partial charge in [-0.05, 0) is 62.4 Å². The summed E-state index contributed by atoms with van der Waals surface area (Å²) >= 11 is 0. The standard InChI is InChI=1S/C24H30N2O7S/c1-15(26-34(30,31)20-13-11-19(32-6)12-14-20)22(28)33-16(2)21(27)17-7-9-18(10-8-17)25-23(29)24(3,4)5/h7-16,26H,1-6H3,(H,25,29)/t15-,16?/m0/s1. The molecule has 10 heteroatoms. The van der Waals surface area contributed by atoms with Gasteiger partial charge in [0.15, 0.2) is 6.10 Å². The SMILES string of the molecule is COc1ccc(S(=O)(=O)N[C@@H](C)C(=O)OC(C)C(=O)c2ccc(NC(=O)C(C)(C)C)cc2)cc1. The van der Waals surface area contributed by atoms with Crippen LogP contribution in [0.15, 0.2) is 53.4 Å². The van der Waals surface area contributed by atoms with Crippen LogP contribution in [0.3, 0.4) is 0 Å². The van der Waals surface area contributed by atoms with Crippen LogP contribution in [-0.2, 0) is 24.3 Å². The summed E-state index contributed by atoms with van der Waals surface area (Å²) < 4.78 is 37.4. The predicted molar refractivity (Wildman–Crippen MR) is 127 cm³/mol. The van der Waals surface area contributed by atoms with E-state index in [4.69, 9.17) is 9.47 Å². The minimum absolute atomic E-state index is 0.0456. The average molecular weight is 491 g/mol. The molecule has 34 heavy (non-hydrogen) atoms. The Morgan fingerprint density at radius 3 is 1.97 bits per heavy atom. The number of hydrogen-bond acceptors (Lipinski definition) is 7. The number of methoxy groups -OCH3 is 1. The third kappa shape index (κ3) is 7.13. The number of esters is 1. The highest BCUT2D eigenvalue weighted by atomic mass is 32.2. The summed E-state index contributed by atoms with van der Waals surface area (Å²) in [4.78, 5) is 37.1. The fourth-order valence-electron chi connectivity index (χ4n) is 2.70. The predicted octanol–water partition coefficient (Wildman–Crippen LogP) is 3.16. The van der Waals surface area contributed by atoms with E-state index < -0.39 is 39.3 Å². The van der Waals surface area contributed by atoms with E-state index in [0.717, 1.165) is 0 Å². The number of amides is 1. The van der Waals surface area contributed by atoms with Gasteiger partial charge in [0.05, 0.1) is 12.0 Å². The average Bonchev–Trinajstić information content (AvgIpc) is 2.78. The minimum atomic E-state index is -3.99. The second kappa shape index (κ2) is 10.8. The quantitative estimate of drug-likeness (QED) is 0.408. The normalized spacial score (nSPS) is 13.5. The van der Waals surface area contributed by atoms with Gasteiger partial charge in [0.1, 0.15) is 11.8 Å². The van der Waals surface area contributed by atoms with Gasteiger partial charge in [0.2, 0.25) is 21.7 Å². The van der Waals surface area contributed by atoms with Crippen molar-refractivity contribution in [3.8, 4) is 5.75 Å². The van der Waals surface area contributed by atoms with Gasteiger partial charge in [-0.2, -0.15) is 4.72 Å². The number of carbonyl (C=O) groups excluding carboxylic acids is 3. The number of ether oxygens (including phenoxy) is 2. The molecule has 184 valence electrons. The molecular formula is C24H30N2O7S. The van der Waals surface area contributed by atoms with Crippen LogP contribution in [0.1, 0.15) is 45.0 Å². The Hall–Kier alpha value is -3.24. The summed E-state index contributed by atoms with van der Waals surface area (Å²) in [5, 5.41) is 2.76. The fraction of sp³-hybridized carbons (Fsp3) is 0.375. The Bertz CT molecular complexity index is 1140. The Morgan fingerprint density at radius 1 is 0.912 bits per heavy atom. The number of hydrogen-bond donors (Lipinski definition) is 2. The van der Waals surface area contributed by atoms with Crippen molar-refractivity contribution in [1.29, 1.82) is 0 Å². The van der Waals surface area contributed by atoms with E-state index in [2.05, 4.69) is 10.0 Å². The van der Waals surface area contributed by atoms with Crippen LogP contribution >= 0.6 is 0 Å². The fourth-order valence-corrected chi connectivity index (χ4v) is 3.90. The van der Waals surface area contributed by atoms with Crippen LogP contribution in [0, 0.1) is 5.41 Å². The lowest BCUT2D eigenvalue weighted by atomic mass is 9.95. The maximum absolute atomic E-state index is 12.6. The molecule has 2 rings (SSSR count). The van der Waals surface area contributed by atoms with Crippen LogP contribution in [0.2, 0.25) is 0 Å². The molecule has 0 bridgehead atoms. The van der Waals surface area contributed by atoms with E-state index in [0.29, 0.717) is 11.4 Å². The first-order valence-corrected chi connectivity index (χ1v) is 12.1. The highest BCUT2D eigenvalue weighted by Gasteiger charge is 2.27. The van der Waals surface area contributed by atoms with Gasteiger partial charge in [-0.15, -0.1) is 0 Å². The Kier molecular flexibility index (Phi) is 8.57. The molecule has 2 aromatic carbocycles. The van der Waals surface area contributed by atoms with E-state index in [1.165, 1.54) is 57.4 Å². The smallest absolute Gasteiger partial charge is 0.324 e. The van der Waals surface area contributed by atoms with E-state index in [1.54, 1.807) is 32.9 Å². The summed E-state index contributed by atoms with van der Waals surface area (Å²) in [6.07, 6.45) is -1.14. The van der Waals surface area contributed by atoms with Gasteiger partial charge in [0.25, 0.3) is 0 Å². The van der Waals surface area contributed by atoms with E-state index in [-0.39, 0.29) is 16.4 Å². The number of nitrogens with one attached hydrogen (secondary N) is 2. The van der Waals surface area contributed by atoms with E-state index in [9.17, 15) is 22.8 Å². The molecule has 0 aliphatic heterocycles. The van der Waals surface area contributed by atoms with Crippen molar-refractivity contribution in [3.05, 3.63) is 54.1 Å². The van der Waals surface area contributed by atoms with Crippen LogP contribution in [-0.4, -0.2) is 45.3 Å². The van der Waals surface area contributed by atoms with Gasteiger partial charge in [-0.25, -0.2) is 8.42 Å². The number of rotatable bonds is 9. The number of ketones is 1. The zero-order valence-electron chi connectivity index (χ0n) is 20.0. The lowest BCUT2D eigenvalue weighted by Gasteiger charge is -2.18. The first-order valence-electron chi connectivity index (χ1n) is 10.6. The van der Waals surface area contributed by atoms with Gasteiger partial charge in [-0.1, -0.05) is 20.8 Å². The highest BCUT2D eigenvalue weighted by molar-refractivity contribution is 7.89. The minimum Gasteiger partial charge on any atom is -0.497 e. The van der Waals surface area contributed by atoms with Gasteiger partial charge in [0, 0.05) is 16.7 Å². The summed E-state index contributed by atoms with van der Waals surface area (Å²) in [6.45, 7) is 8.09. The number of anilines is 1. The number of carbonyl (C=O) groups is 3. The molecule has 2 atom stereocenters. The number of Topliss-reactive ketones (excluding diaryl/α,β-unsaturated/α-hetero) is 1. The molecule has 2 N–H and O–H groups in total. The van der Waals surface area contributed by atoms with Gasteiger partial charge < -0.3 is 14.8 Å². The molecule has 1 amide bonds. The summed E-state index contributed by atoms with van der Waals surface area (Å²) in [5.41, 5.74) is 0.242. The van der Waals surface area contributed by atoms with Crippen molar-refractivity contribution in [2.24, 2.45) is 5.41 Å². The zero-order valence-corrected chi connectivity index (χ0v) is 20.9. The van der Waals surface area contributed by atoms with E-state index in [1.807, 2.05) is 0 Å². The van der Waals surface area contributed by atoms with Crippen LogP contribution in [0.4, 0.5) is 5.69 Å². The zero-order chi connectivity index (χ0) is 25.7. The number of benzene rings is 2. The van der Waals surface area contributed by atoms with Crippen LogP contribution in [0.5, 0.6) is 5.75 Å². The molecule has 0 saturated carbocycles. The molecule has 0 fully saturated rings. The molecule has 0 saturated heterocycles. The van der Waals surface area contributed by atoms with Crippen molar-refractivity contribution in [3.63, 3.8) is 0 Å². The highest BCUT2D eigenvalue weighted by Crippen LogP contribution is 2.19. The molecule has 1 unspecified atom stereocenters. The number of sulfonamides is 1. The first kappa shape index (κ1) is 27.0. The van der Waals surface area contributed by atoms with Crippen LogP contribution in [0.25, 0.3) is 0 Å². The molecule has 0 aliphatic rings. The second-order valence-corrected chi connectivity index (χ2v) is 10.5. The first-order chi connectivity index (χ1) is 15.7. The maximum atomic E-state index is 12.6. The molecule has 0 heterocycles. The third-order valence-corrected chi connectivity index (χ3v) is 6.38. The van der Waals surface area contributed by atoms with Gasteiger partial charge >= 0.3 is 5.97 Å². The van der Waals surface area contributed by atoms with Gasteiger partial charge in [-0.3, -0.25) is 14.4 Å². The lowest BCUT2D eigenvalue weighted by molar-refractivity contribution is -0.147. The third-order valence-electron chi connectivity index (χ3n) is 4.83. The molecule has 0 radical (unpaired) electrons. The van der Waals surface area contributed by atoms with Crippen molar-refractivity contribution in [2.45, 2.75) is 51.7 Å². The summed E-state index contributed by atoms with van der Waals surface area (Å²) in [6, 6.07) is 10.6.